The highest BCUT2D eigenvalue weighted by Crippen LogP contribution is 2.18. The number of aromatic nitrogens is 2. The molecule has 0 amide bonds. The van der Waals surface area contributed by atoms with Crippen LogP contribution in [0.5, 0.6) is 5.75 Å². The van der Waals surface area contributed by atoms with E-state index >= 15 is 0 Å². The molecule has 1 aromatic heterocycles. The fourth-order valence-corrected chi connectivity index (χ4v) is 2.84. The predicted molar refractivity (Wildman–Crippen MR) is 122 cm³/mol. The minimum absolute atomic E-state index is 0. The minimum Gasteiger partial charge on any atom is -0.492 e. The number of aryl methyl sites for hydroxylation is 1. The third-order valence-corrected chi connectivity index (χ3v) is 4.10. The molecule has 0 bridgehead atoms. The van der Waals surface area contributed by atoms with Crippen LogP contribution in [0.4, 0.5) is 8.78 Å². The Kier molecular flexibility index (Phi) is 10.3. The van der Waals surface area contributed by atoms with Gasteiger partial charge in [0.15, 0.2) is 17.6 Å². The lowest BCUT2D eigenvalue weighted by atomic mass is 10.1. The average Bonchev–Trinajstić information content (AvgIpc) is 3.01. The Bertz CT molecular complexity index is 810. The SMILES string of the molecule is CCNC(=NCCOc1ccc(F)c(F)c1)N(C)Cc1cn(C)nc1C(C)C.I. The molecular formula is C20H30F2IN5O. The summed E-state index contributed by atoms with van der Waals surface area (Å²) in [6.45, 7) is 8.31. The lowest BCUT2D eigenvalue weighted by Gasteiger charge is -2.22. The topological polar surface area (TPSA) is 54.7 Å². The highest BCUT2D eigenvalue weighted by Gasteiger charge is 2.15. The molecule has 0 aliphatic rings. The predicted octanol–water partition coefficient (Wildman–Crippen LogP) is 3.92. The molecule has 0 unspecified atom stereocenters. The van der Waals surface area contributed by atoms with E-state index in [4.69, 9.17) is 4.74 Å². The van der Waals surface area contributed by atoms with Gasteiger partial charge in [-0.3, -0.25) is 4.68 Å². The fraction of sp³-hybridized carbons (Fsp3) is 0.500. The number of nitrogens with one attached hydrogen (secondary N) is 1. The zero-order valence-corrected chi connectivity index (χ0v) is 19.9. The highest BCUT2D eigenvalue weighted by molar-refractivity contribution is 14.0. The summed E-state index contributed by atoms with van der Waals surface area (Å²) in [5, 5.41) is 7.80. The van der Waals surface area contributed by atoms with Gasteiger partial charge in [0.1, 0.15) is 12.4 Å². The van der Waals surface area contributed by atoms with Crippen LogP contribution in [0, 0.1) is 11.6 Å². The number of nitrogens with zero attached hydrogens (tertiary/aromatic N) is 4. The Labute approximate surface area is 188 Å². The number of rotatable bonds is 8. The summed E-state index contributed by atoms with van der Waals surface area (Å²) in [5.74, 6) is -0.447. The average molecular weight is 521 g/mol. The molecule has 162 valence electrons. The van der Waals surface area contributed by atoms with Gasteiger partial charge in [0.25, 0.3) is 0 Å². The van der Waals surface area contributed by atoms with Gasteiger partial charge in [0.2, 0.25) is 0 Å². The maximum Gasteiger partial charge on any atom is 0.194 e. The third kappa shape index (κ3) is 7.45. The maximum atomic E-state index is 13.2. The molecule has 29 heavy (non-hydrogen) atoms. The monoisotopic (exact) mass is 521 g/mol. The minimum atomic E-state index is -0.925. The van der Waals surface area contributed by atoms with E-state index in [0.29, 0.717) is 19.0 Å². The first-order chi connectivity index (χ1) is 13.3. The second-order valence-corrected chi connectivity index (χ2v) is 6.88. The van der Waals surface area contributed by atoms with Crippen LogP contribution in [0.3, 0.4) is 0 Å². The summed E-state index contributed by atoms with van der Waals surface area (Å²) in [6, 6.07) is 3.48. The summed E-state index contributed by atoms with van der Waals surface area (Å²) >= 11 is 0. The summed E-state index contributed by atoms with van der Waals surface area (Å²) in [4.78, 5) is 6.59. The second-order valence-electron chi connectivity index (χ2n) is 6.88. The molecule has 0 fully saturated rings. The van der Waals surface area contributed by atoms with Gasteiger partial charge in [-0.1, -0.05) is 13.8 Å². The van der Waals surface area contributed by atoms with Crippen molar-refractivity contribution in [2.45, 2.75) is 33.2 Å². The summed E-state index contributed by atoms with van der Waals surface area (Å²) in [5.41, 5.74) is 2.23. The van der Waals surface area contributed by atoms with Crippen LogP contribution in [-0.4, -0.2) is 47.4 Å². The molecule has 0 saturated heterocycles. The van der Waals surface area contributed by atoms with E-state index in [-0.39, 0.29) is 36.3 Å². The molecule has 1 heterocycles. The molecule has 0 saturated carbocycles. The van der Waals surface area contributed by atoms with Crippen molar-refractivity contribution < 1.29 is 13.5 Å². The van der Waals surface area contributed by atoms with Gasteiger partial charge in [0, 0.05) is 45.0 Å². The van der Waals surface area contributed by atoms with E-state index < -0.39 is 11.6 Å². The Hall–Kier alpha value is -1.91. The fourth-order valence-electron chi connectivity index (χ4n) is 2.84. The van der Waals surface area contributed by atoms with Gasteiger partial charge in [-0.05, 0) is 25.0 Å². The van der Waals surface area contributed by atoms with Crippen molar-refractivity contribution in [2.75, 3.05) is 26.7 Å². The smallest absolute Gasteiger partial charge is 0.194 e. The van der Waals surface area contributed by atoms with Crippen molar-refractivity contribution in [1.82, 2.24) is 20.0 Å². The van der Waals surface area contributed by atoms with Crippen molar-refractivity contribution >= 4 is 29.9 Å². The Balaban J connectivity index is 0.00000420. The zero-order valence-electron chi connectivity index (χ0n) is 17.6. The van der Waals surface area contributed by atoms with Gasteiger partial charge in [-0.15, -0.1) is 24.0 Å². The number of aliphatic imine (C=N–C) groups is 1. The van der Waals surface area contributed by atoms with E-state index in [9.17, 15) is 8.78 Å². The quantitative estimate of drug-likeness (QED) is 0.248. The third-order valence-electron chi connectivity index (χ3n) is 4.10. The van der Waals surface area contributed by atoms with Gasteiger partial charge >= 0.3 is 0 Å². The first-order valence-corrected chi connectivity index (χ1v) is 9.41. The van der Waals surface area contributed by atoms with Crippen molar-refractivity contribution in [3.63, 3.8) is 0 Å². The van der Waals surface area contributed by atoms with Crippen molar-refractivity contribution in [3.8, 4) is 5.75 Å². The van der Waals surface area contributed by atoms with Gasteiger partial charge < -0.3 is 15.0 Å². The number of benzene rings is 1. The number of halogens is 3. The van der Waals surface area contributed by atoms with E-state index in [2.05, 4.69) is 29.3 Å². The summed E-state index contributed by atoms with van der Waals surface area (Å²) in [7, 11) is 3.89. The normalized spacial score (nSPS) is 11.4. The molecule has 9 heteroatoms. The van der Waals surface area contributed by atoms with Crippen LogP contribution < -0.4 is 10.1 Å². The molecule has 6 nitrogen and oxygen atoms in total. The van der Waals surface area contributed by atoms with Crippen LogP contribution in [-0.2, 0) is 13.6 Å². The second kappa shape index (κ2) is 11.9. The Morgan fingerprint density at radius 3 is 2.66 bits per heavy atom. The number of guanidine groups is 1. The lowest BCUT2D eigenvalue weighted by molar-refractivity contribution is 0.324. The number of ether oxygens (including phenoxy) is 1. The zero-order chi connectivity index (χ0) is 20.7. The first kappa shape index (κ1) is 25.1. The molecule has 0 radical (unpaired) electrons. The van der Waals surface area contributed by atoms with E-state index in [0.717, 1.165) is 35.9 Å². The first-order valence-electron chi connectivity index (χ1n) is 9.41. The molecule has 1 aromatic carbocycles. The standard InChI is InChI=1S/C20H29F2N5O.HI/c1-6-23-20(24-9-10-28-16-7-8-17(21)18(22)11-16)26(4)12-15-13-27(5)25-19(15)14(2)3;/h7-8,11,13-14H,6,9-10,12H2,1-5H3,(H,23,24);1H. The molecule has 0 atom stereocenters. The van der Waals surface area contributed by atoms with Crippen LogP contribution >= 0.6 is 24.0 Å². The number of hydrogen-bond acceptors (Lipinski definition) is 3. The maximum absolute atomic E-state index is 13.2. The van der Waals surface area contributed by atoms with Crippen molar-refractivity contribution in [2.24, 2.45) is 12.0 Å². The highest BCUT2D eigenvalue weighted by atomic mass is 127. The lowest BCUT2D eigenvalue weighted by Crippen LogP contribution is -2.39. The van der Waals surface area contributed by atoms with Gasteiger partial charge in [-0.25, -0.2) is 13.8 Å². The van der Waals surface area contributed by atoms with Crippen molar-refractivity contribution in [3.05, 3.63) is 47.3 Å². The van der Waals surface area contributed by atoms with E-state index in [1.165, 1.54) is 6.07 Å². The van der Waals surface area contributed by atoms with E-state index in [1.807, 2.05) is 36.8 Å². The Morgan fingerprint density at radius 1 is 1.31 bits per heavy atom. The number of hydrogen-bond donors (Lipinski definition) is 1. The van der Waals surface area contributed by atoms with Crippen LogP contribution in [0.2, 0.25) is 0 Å². The summed E-state index contributed by atoms with van der Waals surface area (Å²) < 4.78 is 33.4. The molecule has 1 N–H and O–H groups in total. The van der Waals surface area contributed by atoms with Gasteiger partial charge in [0.05, 0.1) is 12.2 Å². The van der Waals surface area contributed by atoms with Crippen LogP contribution in [0.15, 0.2) is 29.4 Å². The van der Waals surface area contributed by atoms with Gasteiger partial charge in [-0.2, -0.15) is 5.10 Å². The molecule has 2 aromatic rings. The molecule has 2 rings (SSSR count). The summed E-state index contributed by atoms with van der Waals surface area (Å²) in [6.07, 6.45) is 2.03. The Morgan fingerprint density at radius 2 is 2.03 bits per heavy atom. The molecule has 0 spiro atoms. The molecular weight excluding hydrogens is 491 g/mol. The van der Waals surface area contributed by atoms with E-state index in [1.54, 1.807) is 0 Å². The van der Waals surface area contributed by atoms with Crippen molar-refractivity contribution in [1.29, 1.82) is 0 Å². The molecule has 0 aliphatic heterocycles. The molecule has 0 aliphatic carbocycles. The van der Waals surface area contributed by atoms with Crippen LogP contribution in [0.1, 0.15) is 37.9 Å². The van der Waals surface area contributed by atoms with Crippen LogP contribution in [0.25, 0.3) is 0 Å². The largest absolute Gasteiger partial charge is 0.492 e.